The Kier molecular flexibility index (Phi) is 6.19. The number of esters is 1. The minimum atomic E-state index is -0.757. The molecule has 0 saturated heterocycles. The number of aromatic nitrogens is 2. The zero-order chi connectivity index (χ0) is 17.5. The first-order valence-electron chi connectivity index (χ1n) is 7.16. The second-order valence-electron chi connectivity index (χ2n) is 4.63. The topological polar surface area (TPSA) is 103 Å². The zero-order valence-electron chi connectivity index (χ0n) is 13.3. The van der Waals surface area contributed by atoms with E-state index < -0.39 is 17.4 Å². The van der Waals surface area contributed by atoms with Crippen LogP contribution in [-0.4, -0.2) is 34.3 Å². The molecule has 0 aromatic carbocycles. The number of carbonyl (C=O) groups excluding carboxylic acids is 2. The summed E-state index contributed by atoms with van der Waals surface area (Å²) in [4.78, 5) is 40.4. The number of nitrogens with one attached hydrogen (secondary N) is 1. The van der Waals surface area contributed by atoms with Gasteiger partial charge in [0.1, 0.15) is 17.9 Å². The molecule has 0 aliphatic rings. The van der Waals surface area contributed by atoms with Crippen molar-refractivity contribution >= 4 is 23.6 Å². The predicted octanol–water partition coefficient (Wildman–Crippen LogP) is 1.05. The molecule has 2 aromatic heterocycles. The maximum atomic E-state index is 12.4. The van der Waals surface area contributed by atoms with E-state index in [1.165, 1.54) is 24.2 Å². The summed E-state index contributed by atoms with van der Waals surface area (Å²) < 4.78 is 11.1. The van der Waals surface area contributed by atoms with Crippen molar-refractivity contribution in [2.75, 3.05) is 12.9 Å². The third-order valence-corrected chi connectivity index (χ3v) is 3.72. The number of ether oxygens (including phenoxy) is 1. The molecule has 0 fully saturated rings. The van der Waals surface area contributed by atoms with Crippen LogP contribution in [0.1, 0.15) is 23.0 Å². The highest BCUT2D eigenvalue weighted by molar-refractivity contribution is 7.98. The Hall–Kier alpha value is -2.55. The Bertz CT molecular complexity index is 770. The van der Waals surface area contributed by atoms with Crippen molar-refractivity contribution in [2.24, 2.45) is 0 Å². The first-order valence-corrected chi connectivity index (χ1v) is 8.39. The van der Waals surface area contributed by atoms with Gasteiger partial charge >= 0.3 is 5.97 Å². The third kappa shape index (κ3) is 4.25. The smallest absolute Gasteiger partial charge is 0.345 e. The molecule has 1 N–H and O–H groups in total. The lowest BCUT2D eigenvalue weighted by Crippen LogP contribution is -2.35. The van der Waals surface area contributed by atoms with Gasteiger partial charge in [0.2, 0.25) is 5.91 Å². The van der Waals surface area contributed by atoms with E-state index in [1.54, 1.807) is 25.3 Å². The number of hydrogen-bond donors (Lipinski definition) is 1. The molecule has 2 aromatic rings. The molecule has 0 saturated carbocycles. The molecule has 1 amide bonds. The lowest BCUT2D eigenvalue weighted by atomic mass is 10.3. The fraction of sp³-hybridized carbons (Fsp3) is 0.333. The molecule has 2 rings (SSSR count). The van der Waals surface area contributed by atoms with E-state index in [1.807, 2.05) is 0 Å². The molecule has 2 heterocycles. The van der Waals surface area contributed by atoms with Gasteiger partial charge < -0.3 is 14.5 Å². The maximum Gasteiger partial charge on any atom is 0.345 e. The zero-order valence-corrected chi connectivity index (χ0v) is 14.1. The molecule has 0 aliphatic carbocycles. The van der Waals surface area contributed by atoms with E-state index in [-0.39, 0.29) is 25.3 Å². The van der Waals surface area contributed by atoms with E-state index in [2.05, 4.69) is 10.3 Å². The van der Waals surface area contributed by atoms with Crippen LogP contribution in [0.5, 0.6) is 0 Å². The van der Waals surface area contributed by atoms with Crippen molar-refractivity contribution in [1.82, 2.24) is 14.9 Å². The molecule has 24 heavy (non-hydrogen) atoms. The quantitative estimate of drug-likeness (QED) is 0.452. The molecular weight excluding hydrogens is 334 g/mol. The van der Waals surface area contributed by atoms with Crippen LogP contribution in [0.2, 0.25) is 0 Å². The molecule has 9 heteroatoms. The van der Waals surface area contributed by atoms with Gasteiger partial charge in [0, 0.05) is 0 Å². The molecule has 0 unspecified atom stereocenters. The maximum absolute atomic E-state index is 12.4. The van der Waals surface area contributed by atoms with Crippen LogP contribution in [-0.2, 0) is 22.6 Å². The average molecular weight is 351 g/mol. The van der Waals surface area contributed by atoms with Crippen molar-refractivity contribution in [1.29, 1.82) is 0 Å². The van der Waals surface area contributed by atoms with Crippen LogP contribution in [0.3, 0.4) is 0 Å². The van der Waals surface area contributed by atoms with E-state index in [0.717, 1.165) is 4.57 Å². The number of amides is 1. The lowest BCUT2D eigenvalue weighted by molar-refractivity contribution is -0.122. The summed E-state index contributed by atoms with van der Waals surface area (Å²) in [6.07, 6.45) is 4.40. The highest BCUT2D eigenvalue weighted by Crippen LogP contribution is 2.10. The number of thioether (sulfide) groups is 1. The standard InChI is InChI=1S/C15H17N3O5S/c1-3-22-14(21)11-8-17-15(24-2)18(13(11)20)9-12(19)16-7-10-5-4-6-23-10/h4-6,8H,3,7,9H2,1-2H3,(H,16,19). The van der Waals surface area contributed by atoms with Crippen molar-refractivity contribution < 1.29 is 18.7 Å². The fourth-order valence-electron chi connectivity index (χ4n) is 1.93. The third-order valence-electron chi connectivity index (χ3n) is 3.03. The highest BCUT2D eigenvalue weighted by atomic mass is 32.2. The van der Waals surface area contributed by atoms with E-state index >= 15 is 0 Å². The Morgan fingerprint density at radius 1 is 1.46 bits per heavy atom. The van der Waals surface area contributed by atoms with Gasteiger partial charge in [0.15, 0.2) is 5.16 Å². The van der Waals surface area contributed by atoms with Crippen LogP contribution in [0.4, 0.5) is 0 Å². The van der Waals surface area contributed by atoms with Crippen LogP contribution in [0.25, 0.3) is 0 Å². The Labute approximate surface area is 142 Å². The van der Waals surface area contributed by atoms with Crippen molar-refractivity contribution in [3.05, 3.63) is 46.3 Å². The van der Waals surface area contributed by atoms with Crippen molar-refractivity contribution in [3.8, 4) is 0 Å². The molecule has 0 spiro atoms. The van der Waals surface area contributed by atoms with Crippen LogP contribution in [0, 0.1) is 0 Å². The van der Waals surface area contributed by atoms with Crippen molar-refractivity contribution in [3.63, 3.8) is 0 Å². The van der Waals surface area contributed by atoms with Crippen LogP contribution >= 0.6 is 11.8 Å². The summed E-state index contributed by atoms with van der Waals surface area (Å²) in [6, 6.07) is 3.44. The number of carbonyl (C=O) groups is 2. The second-order valence-corrected chi connectivity index (χ2v) is 5.40. The molecule has 0 bridgehead atoms. The first kappa shape index (κ1) is 17.8. The molecule has 128 valence electrons. The van der Waals surface area contributed by atoms with Crippen molar-refractivity contribution in [2.45, 2.75) is 25.2 Å². The summed E-state index contributed by atoms with van der Waals surface area (Å²) in [7, 11) is 0. The fourth-order valence-corrected chi connectivity index (χ4v) is 2.45. The largest absolute Gasteiger partial charge is 0.467 e. The average Bonchev–Trinajstić information content (AvgIpc) is 3.08. The number of furan rings is 1. The van der Waals surface area contributed by atoms with Gasteiger partial charge in [-0.25, -0.2) is 9.78 Å². The number of hydrogen-bond acceptors (Lipinski definition) is 7. The second kappa shape index (κ2) is 8.34. The summed E-state index contributed by atoms with van der Waals surface area (Å²) in [6.45, 7) is 1.74. The summed E-state index contributed by atoms with van der Waals surface area (Å²) in [5.74, 6) is -0.557. The van der Waals surface area contributed by atoms with Gasteiger partial charge in [0.25, 0.3) is 5.56 Å². The summed E-state index contributed by atoms with van der Waals surface area (Å²) in [5.41, 5.74) is -0.811. The first-order chi connectivity index (χ1) is 11.6. The minimum Gasteiger partial charge on any atom is -0.467 e. The minimum absolute atomic E-state index is 0.145. The molecular formula is C15H17N3O5S. The van der Waals surface area contributed by atoms with Crippen LogP contribution < -0.4 is 10.9 Å². The Morgan fingerprint density at radius 3 is 2.88 bits per heavy atom. The van der Waals surface area contributed by atoms with Gasteiger partial charge in [-0.15, -0.1) is 0 Å². The van der Waals surface area contributed by atoms with Gasteiger partial charge in [-0.2, -0.15) is 0 Å². The monoisotopic (exact) mass is 351 g/mol. The molecule has 0 radical (unpaired) electrons. The van der Waals surface area contributed by atoms with Gasteiger partial charge in [0.05, 0.1) is 25.6 Å². The molecule has 0 aliphatic heterocycles. The van der Waals surface area contributed by atoms with Gasteiger partial charge in [-0.3, -0.25) is 14.2 Å². The Morgan fingerprint density at radius 2 is 2.25 bits per heavy atom. The normalized spacial score (nSPS) is 10.4. The summed E-state index contributed by atoms with van der Waals surface area (Å²) >= 11 is 1.20. The molecule has 0 atom stereocenters. The number of nitrogens with zero attached hydrogens (tertiary/aromatic N) is 2. The SMILES string of the molecule is CCOC(=O)c1cnc(SC)n(CC(=O)NCc2ccco2)c1=O. The van der Waals surface area contributed by atoms with E-state index in [9.17, 15) is 14.4 Å². The predicted molar refractivity (Wildman–Crippen MR) is 86.8 cm³/mol. The van der Waals surface area contributed by atoms with E-state index in [4.69, 9.17) is 9.15 Å². The number of rotatable bonds is 7. The lowest BCUT2D eigenvalue weighted by Gasteiger charge is -2.11. The van der Waals surface area contributed by atoms with Gasteiger partial charge in [-0.1, -0.05) is 11.8 Å². The van der Waals surface area contributed by atoms with Crippen LogP contribution in [0.15, 0.2) is 39.0 Å². The molecule has 8 nitrogen and oxygen atoms in total. The highest BCUT2D eigenvalue weighted by Gasteiger charge is 2.18. The Balaban J connectivity index is 2.17. The summed E-state index contributed by atoms with van der Waals surface area (Å²) in [5, 5.41) is 2.97. The van der Waals surface area contributed by atoms with Gasteiger partial charge in [-0.05, 0) is 25.3 Å². The van der Waals surface area contributed by atoms with E-state index in [0.29, 0.717) is 10.9 Å².